The molecule has 0 bridgehead atoms. The molecule has 0 aromatic rings. The highest BCUT2D eigenvalue weighted by Crippen LogP contribution is 2.21. The molecule has 6 heteroatoms. The van der Waals surface area contributed by atoms with Crippen molar-refractivity contribution in [1.29, 1.82) is 0 Å². The van der Waals surface area contributed by atoms with Gasteiger partial charge in [0.15, 0.2) is 12.5 Å². The minimum absolute atomic E-state index is 0.581. The van der Waals surface area contributed by atoms with E-state index in [9.17, 15) is 4.39 Å². The molecule has 5 nitrogen and oxygen atoms in total. The van der Waals surface area contributed by atoms with E-state index in [1.54, 1.807) is 0 Å². The van der Waals surface area contributed by atoms with Crippen molar-refractivity contribution in [3.8, 4) is 0 Å². The lowest BCUT2D eigenvalue weighted by Gasteiger charge is -2.36. The van der Waals surface area contributed by atoms with Crippen molar-refractivity contribution in [2.24, 2.45) is 0 Å². The maximum atomic E-state index is 12.7. The number of aliphatic hydroxyl groups excluding tert-OH is 4. The molecule has 0 aromatic carbocycles. The molecule has 12 heavy (non-hydrogen) atoms. The molecular weight excluding hydrogens is 171 g/mol. The number of hydrogen-bond acceptors (Lipinski definition) is 5. The fourth-order valence-corrected chi connectivity index (χ4v) is 1.06. The zero-order valence-corrected chi connectivity index (χ0v) is 6.17. The van der Waals surface area contributed by atoms with E-state index in [1.165, 1.54) is 0 Å². The lowest BCUT2D eigenvalue weighted by Crippen LogP contribution is -2.56. The first-order valence-electron chi connectivity index (χ1n) is 3.52. The van der Waals surface area contributed by atoms with Gasteiger partial charge in [-0.2, -0.15) is 0 Å². The van der Waals surface area contributed by atoms with Crippen LogP contribution >= 0.6 is 0 Å². The van der Waals surface area contributed by atoms with Gasteiger partial charge in [0.2, 0.25) is 0 Å². The first-order chi connectivity index (χ1) is 5.57. The van der Waals surface area contributed by atoms with Gasteiger partial charge in [-0.25, -0.2) is 4.39 Å². The molecule has 0 aromatic heterocycles. The zero-order valence-electron chi connectivity index (χ0n) is 6.17. The van der Waals surface area contributed by atoms with E-state index in [0.717, 1.165) is 0 Å². The number of halogens is 1. The maximum absolute atomic E-state index is 12.7. The van der Waals surface area contributed by atoms with Crippen LogP contribution in [0, 0.1) is 0 Å². The summed E-state index contributed by atoms with van der Waals surface area (Å²) >= 11 is 0. The molecule has 0 saturated carbocycles. The van der Waals surface area contributed by atoms with Crippen LogP contribution in [-0.2, 0) is 4.74 Å². The molecular formula is C6H11FO5. The van der Waals surface area contributed by atoms with Gasteiger partial charge in [0.25, 0.3) is 0 Å². The Balaban J connectivity index is 2.63. The Labute approximate surface area is 68.0 Å². The van der Waals surface area contributed by atoms with Gasteiger partial charge in [-0.3, -0.25) is 0 Å². The van der Waals surface area contributed by atoms with Gasteiger partial charge < -0.3 is 25.2 Å². The minimum Gasteiger partial charge on any atom is -0.394 e. The highest BCUT2D eigenvalue weighted by molar-refractivity contribution is 4.88. The summed E-state index contributed by atoms with van der Waals surface area (Å²) in [7, 11) is 0. The summed E-state index contributed by atoms with van der Waals surface area (Å²) in [5, 5.41) is 35.3. The molecule has 1 fully saturated rings. The van der Waals surface area contributed by atoms with Crippen molar-refractivity contribution in [2.75, 3.05) is 6.61 Å². The van der Waals surface area contributed by atoms with Crippen LogP contribution < -0.4 is 0 Å². The second kappa shape index (κ2) is 3.63. The largest absolute Gasteiger partial charge is 0.394 e. The smallest absolute Gasteiger partial charge is 0.189 e. The first-order valence-corrected chi connectivity index (χ1v) is 3.52. The Kier molecular flexibility index (Phi) is 2.97. The van der Waals surface area contributed by atoms with Crippen LogP contribution in [0.4, 0.5) is 4.39 Å². The predicted molar refractivity (Wildman–Crippen MR) is 34.9 cm³/mol. The summed E-state index contributed by atoms with van der Waals surface area (Å²) in [5.41, 5.74) is 0. The SMILES string of the molecule is OC[C@H]1OC(O)C(F)[C@@H](O)[C@@H]1O. The van der Waals surface area contributed by atoms with Crippen LogP contribution in [0.25, 0.3) is 0 Å². The fraction of sp³-hybridized carbons (Fsp3) is 1.00. The molecule has 1 aliphatic rings. The average molecular weight is 182 g/mol. The normalized spacial score (nSPS) is 49.2. The zero-order chi connectivity index (χ0) is 9.30. The highest BCUT2D eigenvalue weighted by atomic mass is 19.1. The Morgan fingerprint density at radius 3 is 2.25 bits per heavy atom. The molecule has 0 spiro atoms. The lowest BCUT2D eigenvalue weighted by molar-refractivity contribution is -0.271. The molecule has 72 valence electrons. The average Bonchev–Trinajstić information content (AvgIpc) is 2.08. The molecule has 1 rings (SSSR count). The van der Waals surface area contributed by atoms with Crippen molar-refractivity contribution >= 4 is 0 Å². The van der Waals surface area contributed by atoms with Crippen LogP contribution in [0.5, 0.6) is 0 Å². The molecule has 1 heterocycles. The second-order valence-corrected chi connectivity index (χ2v) is 2.67. The van der Waals surface area contributed by atoms with E-state index >= 15 is 0 Å². The number of hydrogen-bond donors (Lipinski definition) is 4. The van der Waals surface area contributed by atoms with Crippen LogP contribution in [0.2, 0.25) is 0 Å². The number of rotatable bonds is 1. The van der Waals surface area contributed by atoms with Gasteiger partial charge in [-0.1, -0.05) is 0 Å². The van der Waals surface area contributed by atoms with E-state index < -0.39 is 37.4 Å². The Bertz CT molecular complexity index is 150. The number of alkyl halides is 1. The minimum atomic E-state index is -2.04. The summed E-state index contributed by atoms with van der Waals surface area (Å²) in [6, 6.07) is 0. The third-order valence-corrected chi connectivity index (χ3v) is 1.82. The molecule has 5 atom stereocenters. The van der Waals surface area contributed by atoms with E-state index in [-0.39, 0.29) is 0 Å². The lowest BCUT2D eigenvalue weighted by atomic mass is 10.0. The summed E-state index contributed by atoms with van der Waals surface area (Å²) in [5.74, 6) is 0. The van der Waals surface area contributed by atoms with Crippen molar-refractivity contribution in [3.05, 3.63) is 0 Å². The summed E-state index contributed by atoms with van der Waals surface area (Å²) < 4.78 is 17.1. The van der Waals surface area contributed by atoms with Gasteiger partial charge in [0.1, 0.15) is 18.3 Å². The van der Waals surface area contributed by atoms with E-state index in [2.05, 4.69) is 4.74 Å². The topological polar surface area (TPSA) is 90.2 Å². The van der Waals surface area contributed by atoms with Gasteiger partial charge in [0.05, 0.1) is 6.61 Å². The molecule has 1 saturated heterocycles. The third kappa shape index (κ3) is 1.57. The Morgan fingerprint density at radius 2 is 1.75 bits per heavy atom. The van der Waals surface area contributed by atoms with Crippen molar-refractivity contribution in [2.45, 2.75) is 30.8 Å². The highest BCUT2D eigenvalue weighted by Gasteiger charge is 2.43. The van der Waals surface area contributed by atoms with Crippen molar-refractivity contribution in [3.63, 3.8) is 0 Å². The molecule has 0 aliphatic carbocycles. The van der Waals surface area contributed by atoms with Crippen LogP contribution in [0.15, 0.2) is 0 Å². The maximum Gasteiger partial charge on any atom is 0.189 e. The molecule has 0 amide bonds. The molecule has 4 N–H and O–H groups in total. The van der Waals surface area contributed by atoms with E-state index in [1.807, 2.05) is 0 Å². The quantitative estimate of drug-likeness (QED) is 0.368. The molecule has 2 unspecified atom stereocenters. The molecule has 1 aliphatic heterocycles. The first kappa shape index (κ1) is 9.82. The van der Waals surface area contributed by atoms with Crippen LogP contribution in [-0.4, -0.2) is 57.8 Å². The predicted octanol–water partition coefficient (Wildman–Crippen LogP) is -2.24. The van der Waals surface area contributed by atoms with Crippen molar-refractivity contribution in [1.82, 2.24) is 0 Å². The summed E-state index contributed by atoms with van der Waals surface area (Å²) in [4.78, 5) is 0. The van der Waals surface area contributed by atoms with Crippen LogP contribution in [0.3, 0.4) is 0 Å². The van der Waals surface area contributed by atoms with Crippen LogP contribution in [0.1, 0.15) is 0 Å². The molecule has 0 radical (unpaired) electrons. The fourth-order valence-electron chi connectivity index (χ4n) is 1.06. The summed E-state index contributed by atoms with van der Waals surface area (Å²) in [6.07, 6.45) is -8.19. The Hall–Kier alpha value is -0.270. The standard InChI is InChI=1S/C6H11FO5/c7-3-5(10)4(9)2(1-8)12-6(3)11/h2-6,8-11H,1H2/t2-,3?,4-,5-,6?/m1/s1. The van der Waals surface area contributed by atoms with E-state index in [0.29, 0.717) is 0 Å². The van der Waals surface area contributed by atoms with E-state index in [4.69, 9.17) is 20.4 Å². The Morgan fingerprint density at radius 1 is 1.17 bits per heavy atom. The number of aliphatic hydroxyl groups is 4. The van der Waals surface area contributed by atoms with Gasteiger partial charge in [-0.05, 0) is 0 Å². The summed E-state index contributed by atoms with van der Waals surface area (Å²) in [6.45, 7) is -0.581. The van der Waals surface area contributed by atoms with Crippen molar-refractivity contribution < 1.29 is 29.6 Å². The van der Waals surface area contributed by atoms with Gasteiger partial charge in [0, 0.05) is 0 Å². The van der Waals surface area contributed by atoms with Gasteiger partial charge >= 0.3 is 0 Å². The van der Waals surface area contributed by atoms with Gasteiger partial charge in [-0.15, -0.1) is 0 Å². The number of ether oxygens (including phenoxy) is 1. The second-order valence-electron chi connectivity index (χ2n) is 2.67. The third-order valence-electron chi connectivity index (χ3n) is 1.82. The monoisotopic (exact) mass is 182 g/mol.